The molecular weight excluding hydrogens is 243 g/mol. The van der Waals surface area contributed by atoms with E-state index < -0.39 is 24.1 Å². The van der Waals surface area contributed by atoms with Crippen molar-refractivity contribution in [2.24, 2.45) is 0 Å². The van der Waals surface area contributed by atoms with Gasteiger partial charge in [0.25, 0.3) is 6.43 Å². The minimum absolute atomic E-state index is 0.243. The average molecular weight is 247 g/mol. The number of hydrogen-bond acceptors (Lipinski definition) is 1. The van der Waals surface area contributed by atoms with Crippen molar-refractivity contribution < 1.29 is 26.7 Å². The van der Waals surface area contributed by atoms with Crippen LogP contribution in [0.2, 0.25) is 5.02 Å². The summed E-state index contributed by atoms with van der Waals surface area (Å²) in [5, 5.41) is -0.243. The standard InChI is InChI=1S/C8H4ClF5O/c9-5-1-4(7(10)11)2-6(3-5)15-8(12,13)14/h1-3,7H. The first-order chi connectivity index (χ1) is 6.78. The van der Waals surface area contributed by atoms with Gasteiger partial charge < -0.3 is 4.74 Å². The van der Waals surface area contributed by atoms with Gasteiger partial charge >= 0.3 is 6.36 Å². The van der Waals surface area contributed by atoms with Crippen molar-refractivity contribution in [1.82, 2.24) is 0 Å². The van der Waals surface area contributed by atoms with Gasteiger partial charge in [0, 0.05) is 10.6 Å². The van der Waals surface area contributed by atoms with Crippen molar-refractivity contribution in [3.8, 4) is 5.75 Å². The molecule has 0 heterocycles. The smallest absolute Gasteiger partial charge is 0.406 e. The average Bonchev–Trinajstić information content (AvgIpc) is 1.99. The molecule has 15 heavy (non-hydrogen) atoms. The molecule has 84 valence electrons. The number of halogens is 6. The highest BCUT2D eigenvalue weighted by Crippen LogP contribution is 2.30. The number of hydrogen-bond donors (Lipinski definition) is 0. The van der Waals surface area contributed by atoms with Crippen LogP contribution in [0.5, 0.6) is 5.75 Å². The fourth-order valence-electron chi connectivity index (χ4n) is 0.903. The SMILES string of the molecule is FC(F)c1cc(Cl)cc(OC(F)(F)F)c1. The third kappa shape index (κ3) is 3.91. The summed E-state index contributed by atoms with van der Waals surface area (Å²) >= 11 is 5.34. The summed E-state index contributed by atoms with van der Waals surface area (Å²) in [6, 6.07) is 2.26. The molecule has 1 aromatic rings. The van der Waals surface area contributed by atoms with E-state index in [0.717, 1.165) is 12.1 Å². The van der Waals surface area contributed by atoms with E-state index in [9.17, 15) is 22.0 Å². The Morgan fingerprint density at radius 3 is 2.20 bits per heavy atom. The maximum absolute atomic E-state index is 12.2. The highest BCUT2D eigenvalue weighted by atomic mass is 35.5. The summed E-state index contributed by atoms with van der Waals surface area (Å²) in [5.74, 6) is -0.759. The summed E-state index contributed by atoms with van der Waals surface area (Å²) in [4.78, 5) is 0. The van der Waals surface area contributed by atoms with Crippen LogP contribution in [0.3, 0.4) is 0 Å². The van der Waals surface area contributed by atoms with Crippen LogP contribution in [0, 0.1) is 0 Å². The fraction of sp³-hybridized carbons (Fsp3) is 0.250. The second-order valence-electron chi connectivity index (χ2n) is 2.57. The zero-order valence-corrected chi connectivity index (χ0v) is 7.74. The van der Waals surface area contributed by atoms with Crippen molar-refractivity contribution in [1.29, 1.82) is 0 Å². The molecule has 0 atom stereocenters. The van der Waals surface area contributed by atoms with Crippen LogP contribution in [0.25, 0.3) is 0 Å². The third-order valence-corrected chi connectivity index (χ3v) is 1.60. The van der Waals surface area contributed by atoms with Crippen LogP contribution in [0.4, 0.5) is 22.0 Å². The molecule has 1 aromatic carbocycles. The van der Waals surface area contributed by atoms with Crippen LogP contribution >= 0.6 is 11.6 Å². The Labute approximate surface area is 86.4 Å². The van der Waals surface area contributed by atoms with Gasteiger partial charge in [-0.3, -0.25) is 0 Å². The number of rotatable bonds is 2. The Kier molecular flexibility index (Phi) is 3.38. The molecule has 0 unspecified atom stereocenters. The molecule has 0 aliphatic carbocycles. The van der Waals surface area contributed by atoms with E-state index in [1.807, 2.05) is 0 Å². The molecule has 0 fully saturated rings. The van der Waals surface area contributed by atoms with Crippen molar-refractivity contribution in [3.63, 3.8) is 0 Å². The quantitative estimate of drug-likeness (QED) is 0.712. The minimum Gasteiger partial charge on any atom is -0.406 e. The monoisotopic (exact) mass is 246 g/mol. The lowest BCUT2D eigenvalue weighted by Crippen LogP contribution is -2.17. The van der Waals surface area contributed by atoms with Gasteiger partial charge in [0.05, 0.1) is 0 Å². The molecular formula is C8H4ClF5O. The summed E-state index contributed by atoms with van der Waals surface area (Å²) < 4.78 is 63.0. The van der Waals surface area contributed by atoms with E-state index in [1.54, 1.807) is 0 Å². The van der Waals surface area contributed by atoms with Crippen LogP contribution in [-0.2, 0) is 0 Å². The van der Waals surface area contributed by atoms with E-state index in [-0.39, 0.29) is 5.02 Å². The van der Waals surface area contributed by atoms with Gasteiger partial charge in [0.2, 0.25) is 0 Å². The highest BCUT2D eigenvalue weighted by Gasteiger charge is 2.31. The molecule has 1 rings (SSSR count). The Hall–Kier alpha value is -1.04. The predicted molar refractivity (Wildman–Crippen MR) is 43.1 cm³/mol. The normalized spacial score (nSPS) is 11.9. The molecule has 0 bridgehead atoms. The molecule has 0 N–H and O–H groups in total. The van der Waals surface area contributed by atoms with Gasteiger partial charge in [-0.05, 0) is 18.2 Å². The molecule has 0 aromatic heterocycles. The summed E-state index contributed by atoms with van der Waals surface area (Å²) in [6.45, 7) is 0. The lowest BCUT2D eigenvalue weighted by Gasteiger charge is -2.10. The third-order valence-electron chi connectivity index (χ3n) is 1.38. The van der Waals surface area contributed by atoms with Crippen LogP contribution in [-0.4, -0.2) is 6.36 Å². The molecule has 0 spiro atoms. The molecule has 0 amide bonds. The summed E-state index contributed by atoms with van der Waals surface area (Å²) in [5.41, 5.74) is -0.623. The molecule has 0 saturated heterocycles. The second-order valence-corrected chi connectivity index (χ2v) is 3.01. The van der Waals surface area contributed by atoms with Crippen LogP contribution in [0.1, 0.15) is 12.0 Å². The zero-order chi connectivity index (χ0) is 11.6. The number of ether oxygens (including phenoxy) is 1. The molecule has 0 aliphatic rings. The van der Waals surface area contributed by atoms with E-state index in [2.05, 4.69) is 4.74 Å². The molecule has 7 heteroatoms. The first-order valence-corrected chi connectivity index (χ1v) is 4.00. The Balaban J connectivity index is 2.99. The van der Waals surface area contributed by atoms with Gasteiger partial charge in [-0.25, -0.2) is 8.78 Å². The molecule has 1 nitrogen and oxygen atoms in total. The number of benzene rings is 1. The largest absolute Gasteiger partial charge is 0.573 e. The highest BCUT2D eigenvalue weighted by molar-refractivity contribution is 6.30. The first kappa shape index (κ1) is 12.0. The Bertz CT molecular complexity index is 349. The van der Waals surface area contributed by atoms with Crippen LogP contribution in [0.15, 0.2) is 18.2 Å². The van der Waals surface area contributed by atoms with Crippen molar-refractivity contribution in [3.05, 3.63) is 28.8 Å². The van der Waals surface area contributed by atoms with E-state index in [4.69, 9.17) is 11.6 Å². The van der Waals surface area contributed by atoms with Gasteiger partial charge in [-0.15, -0.1) is 13.2 Å². The molecule has 0 saturated carbocycles. The van der Waals surface area contributed by atoms with Gasteiger partial charge in [-0.2, -0.15) is 0 Å². The second kappa shape index (κ2) is 4.22. The van der Waals surface area contributed by atoms with Gasteiger partial charge in [0.1, 0.15) is 5.75 Å². The van der Waals surface area contributed by atoms with Gasteiger partial charge in [-0.1, -0.05) is 11.6 Å². The lowest BCUT2D eigenvalue weighted by atomic mass is 10.2. The maximum atomic E-state index is 12.2. The molecule has 0 radical (unpaired) electrons. The zero-order valence-electron chi connectivity index (χ0n) is 6.99. The van der Waals surface area contributed by atoms with E-state index in [1.165, 1.54) is 0 Å². The fourth-order valence-corrected chi connectivity index (χ4v) is 1.14. The topological polar surface area (TPSA) is 9.23 Å². The van der Waals surface area contributed by atoms with Crippen molar-refractivity contribution >= 4 is 11.6 Å². The maximum Gasteiger partial charge on any atom is 0.573 e. The first-order valence-electron chi connectivity index (χ1n) is 3.62. The summed E-state index contributed by atoms with van der Waals surface area (Å²) in [7, 11) is 0. The van der Waals surface area contributed by atoms with E-state index in [0.29, 0.717) is 6.07 Å². The Morgan fingerprint density at radius 1 is 1.13 bits per heavy atom. The number of alkyl halides is 5. The molecule has 0 aliphatic heterocycles. The van der Waals surface area contributed by atoms with Gasteiger partial charge in [0.15, 0.2) is 0 Å². The summed E-state index contributed by atoms with van der Waals surface area (Å²) in [6.07, 6.45) is -7.83. The predicted octanol–water partition coefficient (Wildman–Crippen LogP) is 4.18. The van der Waals surface area contributed by atoms with E-state index >= 15 is 0 Å². The Morgan fingerprint density at radius 2 is 1.73 bits per heavy atom. The lowest BCUT2D eigenvalue weighted by molar-refractivity contribution is -0.274. The minimum atomic E-state index is -4.93. The van der Waals surface area contributed by atoms with Crippen LogP contribution < -0.4 is 4.74 Å². The van der Waals surface area contributed by atoms with Crippen molar-refractivity contribution in [2.75, 3.05) is 0 Å². The van der Waals surface area contributed by atoms with Crippen molar-refractivity contribution in [2.45, 2.75) is 12.8 Å².